The SMILES string of the molecule is Fc1ccc(-c2nn(CN3CCN(c4ccccc4)CC3)c(=S)o2)cc1. The molecule has 1 aromatic heterocycles. The van der Waals surface area contributed by atoms with Crippen molar-refractivity contribution in [2.24, 2.45) is 0 Å². The van der Waals surface area contributed by atoms with Crippen molar-refractivity contribution >= 4 is 17.9 Å². The highest BCUT2D eigenvalue weighted by atomic mass is 32.1. The minimum absolute atomic E-state index is 0.289. The summed E-state index contributed by atoms with van der Waals surface area (Å²) in [7, 11) is 0. The number of benzene rings is 2. The second-order valence-corrected chi connectivity index (χ2v) is 6.61. The first-order chi connectivity index (χ1) is 12.7. The minimum atomic E-state index is -0.289. The van der Waals surface area contributed by atoms with Gasteiger partial charge in [0.2, 0.25) is 5.89 Å². The molecule has 5 nitrogen and oxygen atoms in total. The molecule has 1 saturated heterocycles. The van der Waals surface area contributed by atoms with Gasteiger partial charge >= 0.3 is 0 Å². The Morgan fingerprint density at radius 1 is 0.962 bits per heavy atom. The fourth-order valence-corrected chi connectivity index (χ4v) is 3.26. The first-order valence-electron chi connectivity index (χ1n) is 8.55. The van der Waals surface area contributed by atoms with Gasteiger partial charge in [-0.2, -0.15) is 0 Å². The normalized spacial score (nSPS) is 15.3. The van der Waals surface area contributed by atoms with E-state index in [9.17, 15) is 4.39 Å². The number of anilines is 1. The highest BCUT2D eigenvalue weighted by molar-refractivity contribution is 7.71. The molecule has 0 amide bonds. The molecule has 0 bridgehead atoms. The van der Waals surface area contributed by atoms with Crippen molar-refractivity contribution in [3.05, 3.63) is 65.3 Å². The lowest BCUT2D eigenvalue weighted by molar-refractivity contribution is 0.192. The number of hydrogen-bond donors (Lipinski definition) is 0. The Balaban J connectivity index is 1.41. The van der Waals surface area contributed by atoms with E-state index in [4.69, 9.17) is 16.6 Å². The molecule has 0 aliphatic carbocycles. The van der Waals surface area contributed by atoms with E-state index in [0.29, 0.717) is 23.0 Å². The first-order valence-corrected chi connectivity index (χ1v) is 8.96. The zero-order valence-electron chi connectivity index (χ0n) is 14.2. The van der Waals surface area contributed by atoms with Crippen LogP contribution in [0.5, 0.6) is 0 Å². The van der Waals surface area contributed by atoms with Crippen LogP contribution in [0.4, 0.5) is 10.1 Å². The summed E-state index contributed by atoms with van der Waals surface area (Å²) in [6.07, 6.45) is 0. The molecular weight excluding hydrogens is 351 g/mol. The van der Waals surface area contributed by atoms with Gasteiger partial charge < -0.3 is 9.32 Å². The molecule has 4 rings (SSSR count). The van der Waals surface area contributed by atoms with Gasteiger partial charge in [-0.25, -0.2) is 9.07 Å². The number of halogens is 1. The van der Waals surface area contributed by atoms with Crippen molar-refractivity contribution < 1.29 is 8.81 Å². The number of aromatic nitrogens is 2. The smallest absolute Gasteiger partial charge is 0.288 e. The van der Waals surface area contributed by atoms with Crippen LogP contribution in [-0.4, -0.2) is 40.9 Å². The summed E-state index contributed by atoms with van der Waals surface area (Å²) in [6, 6.07) is 16.5. The van der Waals surface area contributed by atoms with Crippen molar-refractivity contribution in [2.75, 3.05) is 31.1 Å². The van der Waals surface area contributed by atoms with Gasteiger partial charge in [-0.05, 0) is 48.6 Å². The van der Waals surface area contributed by atoms with E-state index in [1.165, 1.54) is 17.8 Å². The van der Waals surface area contributed by atoms with Crippen LogP contribution in [0.2, 0.25) is 0 Å². The molecule has 0 saturated carbocycles. The molecule has 2 aromatic carbocycles. The number of rotatable bonds is 4. The summed E-state index contributed by atoms with van der Waals surface area (Å²) in [5, 5.41) is 4.45. The summed E-state index contributed by atoms with van der Waals surface area (Å²) in [5.41, 5.74) is 1.97. The van der Waals surface area contributed by atoms with E-state index in [2.05, 4.69) is 39.2 Å². The summed E-state index contributed by atoms with van der Waals surface area (Å²) in [4.78, 5) is 5.00. The van der Waals surface area contributed by atoms with Gasteiger partial charge in [0.1, 0.15) is 5.82 Å². The van der Waals surface area contributed by atoms with Gasteiger partial charge in [0.05, 0.1) is 6.67 Å². The van der Waals surface area contributed by atoms with Crippen molar-refractivity contribution in [3.8, 4) is 11.5 Å². The van der Waals surface area contributed by atoms with Crippen LogP contribution >= 0.6 is 12.2 Å². The summed E-state index contributed by atoms with van der Waals surface area (Å²) < 4.78 is 20.3. The van der Waals surface area contributed by atoms with Gasteiger partial charge in [0, 0.05) is 37.4 Å². The predicted molar refractivity (Wildman–Crippen MR) is 101 cm³/mol. The lowest BCUT2D eigenvalue weighted by atomic mass is 10.2. The van der Waals surface area contributed by atoms with E-state index in [0.717, 1.165) is 26.2 Å². The zero-order valence-corrected chi connectivity index (χ0v) is 15.0. The summed E-state index contributed by atoms with van der Waals surface area (Å²) >= 11 is 5.29. The number of hydrogen-bond acceptors (Lipinski definition) is 5. The number of para-hydroxylation sites is 1. The third-order valence-corrected chi connectivity index (χ3v) is 4.82. The molecule has 0 unspecified atom stereocenters. The van der Waals surface area contributed by atoms with Gasteiger partial charge in [-0.15, -0.1) is 5.10 Å². The van der Waals surface area contributed by atoms with Crippen LogP contribution in [0.15, 0.2) is 59.0 Å². The highest BCUT2D eigenvalue weighted by Crippen LogP contribution is 2.19. The molecule has 7 heteroatoms. The second-order valence-electron chi connectivity index (χ2n) is 6.26. The topological polar surface area (TPSA) is 37.4 Å². The van der Waals surface area contributed by atoms with Gasteiger partial charge in [-0.3, -0.25) is 4.90 Å². The Hall–Kier alpha value is -2.51. The molecular formula is C19H19FN4OS. The Labute approximate surface area is 156 Å². The summed E-state index contributed by atoms with van der Waals surface area (Å²) in [5.74, 6) is 0.126. The van der Waals surface area contributed by atoms with Crippen LogP contribution in [0.3, 0.4) is 0 Å². The van der Waals surface area contributed by atoms with E-state index in [1.807, 2.05) is 6.07 Å². The monoisotopic (exact) mass is 370 g/mol. The van der Waals surface area contributed by atoms with Crippen molar-refractivity contribution in [1.82, 2.24) is 14.7 Å². The van der Waals surface area contributed by atoms with Gasteiger partial charge in [0.15, 0.2) is 0 Å². The number of piperazine rings is 1. The van der Waals surface area contributed by atoms with E-state index >= 15 is 0 Å². The van der Waals surface area contributed by atoms with Crippen LogP contribution < -0.4 is 4.90 Å². The van der Waals surface area contributed by atoms with Gasteiger partial charge in [0.25, 0.3) is 4.84 Å². The molecule has 1 aliphatic rings. The lowest BCUT2D eigenvalue weighted by Crippen LogP contribution is -2.46. The Kier molecular flexibility index (Phi) is 4.81. The molecule has 3 aromatic rings. The molecule has 1 fully saturated rings. The predicted octanol–water partition coefficient (Wildman–Crippen LogP) is 3.79. The van der Waals surface area contributed by atoms with Crippen LogP contribution in [0.25, 0.3) is 11.5 Å². The molecule has 2 heterocycles. The summed E-state index contributed by atoms with van der Waals surface area (Å²) in [6.45, 7) is 4.36. The first kappa shape index (κ1) is 16.9. The van der Waals surface area contributed by atoms with Crippen molar-refractivity contribution in [3.63, 3.8) is 0 Å². The van der Waals surface area contributed by atoms with Crippen LogP contribution in [0, 0.1) is 10.7 Å². The molecule has 0 N–H and O–H groups in total. The van der Waals surface area contributed by atoms with E-state index in [-0.39, 0.29) is 5.82 Å². The third-order valence-electron chi connectivity index (χ3n) is 4.53. The average Bonchev–Trinajstić information content (AvgIpc) is 3.04. The number of nitrogens with zero attached hydrogens (tertiary/aromatic N) is 4. The Morgan fingerprint density at radius 2 is 1.65 bits per heavy atom. The van der Waals surface area contributed by atoms with Crippen molar-refractivity contribution in [1.29, 1.82) is 0 Å². The van der Waals surface area contributed by atoms with Crippen molar-refractivity contribution in [2.45, 2.75) is 6.67 Å². The lowest BCUT2D eigenvalue weighted by Gasteiger charge is -2.35. The fraction of sp³-hybridized carbons (Fsp3) is 0.263. The maximum absolute atomic E-state index is 13.1. The fourth-order valence-electron chi connectivity index (χ4n) is 3.08. The average molecular weight is 370 g/mol. The quantitative estimate of drug-likeness (QED) is 0.653. The van der Waals surface area contributed by atoms with Gasteiger partial charge in [-0.1, -0.05) is 18.2 Å². The Bertz CT molecular complexity index is 915. The zero-order chi connectivity index (χ0) is 17.9. The minimum Gasteiger partial charge on any atom is -0.409 e. The standard InChI is InChI=1S/C19H19FN4OS/c20-16-8-6-15(7-9-16)18-21-24(19(26)25-18)14-22-10-12-23(13-11-22)17-4-2-1-3-5-17/h1-9H,10-14H2. The maximum Gasteiger partial charge on any atom is 0.288 e. The van der Waals surface area contributed by atoms with E-state index < -0.39 is 0 Å². The molecule has 0 atom stereocenters. The maximum atomic E-state index is 13.1. The molecule has 26 heavy (non-hydrogen) atoms. The molecule has 0 radical (unpaired) electrons. The molecule has 0 spiro atoms. The highest BCUT2D eigenvalue weighted by Gasteiger charge is 2.18. The molecule has 1 aliphatic heterocycles. The molecule has 134 valence electrons. The third kappa shape index (κ3) is 3.68. The van der Waals surface area contributed by atoms with E-state index in [1.54, 1.807) is 16.8 Å². The second kappa shape index (κ2) is 7.39. The van der Waals surface area contributed by atoms with Crippen LogP contribution in [-0.2, 0) is 6.67 Å². The largest absolute Gasteiger partial charge is 0.409 e. The Morgan fingerprint density at radius 3 is 2.35 bits per heavy atom. The van der Waals surface area contributed by atoms with Crippen LogP contribution in [0.1, 0.15) is 0 Å².